The highest BCUT2D eigenvalue weighted by atomic mass is 79.9. The van der Waals surface area contributed by atoms with Gasteiger partial charge in [0.1, 0.15) is 5.75 Å². The lowest BCUT2D eigenvalue weighted by molar-refractivity contribution is -0.142. The van der Waals surface area contributed by atoms with E-state index in [-0.39, 0.29) is 5.91 Å². The largest absolute Gasteiger partial charge is 0.481 e. The standard InChI is InChI=1S/C13H16BrNO3/c1-10(13(16)15-5-7-17-8-6-15)18-12-4-2-3-11(14)9-12/h2-4,9-10H,5-8H2,1H3. The van der Waals surface area contributed by atoms with Crippen molar-refractivity contribution < 1.29 is 14.3 Å². The Labute approximate surface area is 115 Å². The number of nitrogens with zero attached hydrogens (tertiary/aromatic N) is 1. The predicted octanol–water partition coefficient (Wildman–Crippen LogP) is 2.08. The maximum Gasteiger partial charge on any atom is 0.263 e. The second-order valence-corrected chi connectivity index (χ2v) is 5.07. The molecule has 1 saturated heterocycles. The number of carbonyl (C=O) groups excluding carboxylic acids is 1. The molecule has 5 heteroatoms. The number of hydrogen-bond donors (Lipinski definition) is 0. The molecule has 18 heavy (non-hydrogen) atoms. The molecular formula is C13H16BrNO3. The molecule has 1 amide bonds. The molecular weight excluding hydrogens is 298 g/mol. The van der Waals surface area contributed by atoms with Crippen LogP contribution in [0.4, 0.5) is 0 Å². The van der Waals surface area contributed by atoms with Crippen LogP contribution in [-0.4, -0.2) is 43.2 Å². The van der Waals surface area contributed by atoms with Gasteiger partial charge in [-0.1, -0.05) is 22.0 Å². The van der Waals surface area contributed by atoms with Gasteiger partial charge in [0.25, 0.3) is 5.91 Å². The van der Waals surface area contributed by atoms with Crippen LogP contribution >= 0.6 is 15.9 Å². The highest BCUT2D eigenvalue weighted by molar-refractivity contribution is 9.10. The maximum absolute atomic E-state index is 12.1. The maximum atomic E-state index is 12.1. The Morgan fingerprint density at radius 3 is 2.83 bits per heavy atom. The van der Waals surface area contributed by atoms with Crippen molar-refractivity contribution in [3.63, 3.8) is 0 Å². The van der Waals surface area contributed by atoms with E-state index < -0.39 is 6.10 Å². The molecule has 0 spiro atoms. The number of ether oxygens (including phenoxy) is 2. The molecule has 0 saturated carbocycles. The summed E-state index contributed by atoms with van der Waals surface area (Å²) in [6.07, 6.45) is -0.475. The third-order valence-electron chi connectivity index (χ3n) is 2.78. The Hall–Kier alpha value is -1.07. The molecule has 0 aliphatic carbocycles. The van der Waals surface area contributed by atoms with Gasteiger partial charge >= 0.3 is 0 Å². The van der Waals surface area contributed by atoms with Gasteiger partial charge in [-0.15, -0.1) is 0 Å². The first-order chi connectivity index (χ1) is 8.66. The molecule has 4 nitrogen and oxygen atoms in total. The van der Waals surface area contributed by atoms with Crippen LogP contribution in [0.3, 0.4) is 0 Å². The van der Waals surface area contributed by atoms with Crippen LogP contribution in [0.15, 0.2) is 28.7 Å². The Balaban J connectivity index is 1.94. The average Bonchev–Trinajstić information content (AvgIpc) is 2.39. The summed E-state index contributed by atoms with van der Waals surface area (Å²) >= 11 is 3.37. The lowest BCUT2D eigenvalue weighted by atomic mass is 10.3. The number of benzene rings is 1. The highest BCUT2D eigenvalue weighted by Gasteiger charge is 2.23. The average molecular weight is 314 g/mol. The quantitative estimate of drug-likeness (QED) is 0.857. The molecule has 1 aromatic rings. The number of hydrogen-bond acceptors (Lipinski definition) is 3. The minimum Gasteiger partial charge on any atom is -0.481 e. The van der Waals surface area contributed by atoms with Gasteiger partial charge in [0.2, 0.25) is 0 Å². The van der Waals surface area contributed by atoms with Gasteiger partial charge in [-0.05, 0) is 25.1 Å². The van der Waals surface area contributed by atoms with Crippen molar-refractivity contribution in [1.29, 1.82) is 0 Å². The van der Waals surface area contributed by atoms with Gasteiger partial charge in [-0.2, -0.15) is 0 Å². The summed E-state index contributed by atoms with van der Waals surface area (Å²) in [6.45, 7) is 4.28. The van der Waals surface area contributed by atoms with E-state index in [1.54, 1.807) is 11.8 Å². The van der Waals surface area contributed by atoms with Crippen molar-refractivity contribution in [1.82, 2.24) is 4.90 Å². The van der Waals surface area contributed by atoms with Gasteiger partial charge < -0.3 is 14.4 Å². The summed E-state index contributed by atoms with van der Waals surface area (Å²) in [7, 11) is 0. The van der Waals surface area contributed by atoms with Crippen molar-refractivity contribution in [2.45, 2.75) is 13.0 Å². The molecule has 1 aliphatic rings. The number of carbonyl (C=O) groups is 1. The Morgan fingerprint density at radius 1 is 1.44 bits per heavy atom. The monoisotopic (exact) mass is 313 g/mol. The smallest absolute Gasteiger partial charge is 0.263 e. The van der Waals surface area contributed by atoms with Crippen molar-refractivity contribution in [2.24, 2.45) is 0 Å². The minimum atomic E-state index is -0.475. The minimum absolute atomic E-state index is 0.0123. The van der Waals surface area contributed by atoms with E-state index in [0.717, 1.165) is 4.47 Å². The first-order valence-corrected chi connectivity index (χ1v) is 6.75. The molecule has 1 aliphatic heterocycles. The third-order valence-corrected chi connectivity index (χ3v) is 3.27. The number of rotatable bonds is 3. The third kappa shape index (κ3) is 3.46. The first-order valence-electron chi connectivity index (χ1n) is 5.95. The molecule has 1 heterocycles. The molecule has 0 N–H and O–H groups in total. The van der Waals surface area contributed by atoms with Crippen molar-refractivity contribution in [3.8, 4) is 5.75 Å². The zero-order valence-electron chi connectivity index (χ0n) is 10.3. The summed E-state index contributed by atoms with van der Waals surface area (Å²) in [4.78, 5) is 13.9. The van der Waals surface area contributed by atoms with E-state index >= 15 is 0 Å². The second kappa shape index (κ2) is 6.20. The fourth-order valence-electron chi connectivity index (χ4n) is 1.84. The molecule has 1 unspecified atom stereocenters. The highest BCUT2D eigenvalue weighted by Crippen LogP contribution is 2.19. The molecule has 1 aromatic carbocycles. The van der Waals surface area contributed by atoms with Crippen molar-refractivity contribution in [3.05, 3.63) is 28.7 Å². The van der Waals surface area contributed by atoms with E-state index in [2.05, 4.69) is 15.9 Å². The van der Waals surface area contributed by atoms with E-state index in [9.17, 15) is 4.79 Å². The molecule has 98 valence electrons. The normalized spacial score (nSPS) is 17.3. The fraction of sp³-hybridized carbons (Fsp3) is 0.462. The molecule has 1 atom stereocenters. The van der Waals surface area contributed by atoms with Crippen LogP contribution in [0.1, 0.15) is 6.92 Å². The van der Waals surface area contributed by atoms with E-state index in [1.165, 1.54) is 0 Å². The molecule has 1 fully saturated rings. The zero-order chi connectivity index (χ0) is 13.0. The summed E-state index contributed by atoms with van der Waals surface area (Å²) in [5.41, 5.74) is 0. The van der Waals surface area contributed by atoms with Crippen LogP contribution in [0.2, 0.25) is 0 Å². The Bertz CT molecular complexity index is 418. The summed E-state index contributed by atoms with van der Waals surface area (Å²) < 4.78 is 11.8. The van der Waals surface area contributed by atoms with Crippen LogP contribution in [-0.2, 0) is 9.53 Å². The first kappa shape index (κ1) is 13.4. The number of amides is 1. The fourth-order valence-corrected chi connectivity index (χ4v) is 2.21. The van der Waals surface area contributed by atoms with Crippen LogP contribution in [0.25, 0.3) is 0 Å². The van der Waals surface area contributed by atoms with Gasteiger partial charge in [0.05, 0.1) is 13.2 Å². The van der Waals surface area contributed by atoms with E-state index in [1.807, 2.05) is 24.3 Å². The molecule has 0 aromatic heterocycles. The topological polar surface area (TPSA) is 38.8 Å². The van der Waals surface area contributed by atoms with Gasteiger partial charge in [0.15, 0.2) is 6.10 Å². The number of morpholine rings is 1. The molecule has 0 radical (unpaired) electrons. The summed E-state index contributed by atoms with van der Waals surface area (Å²) in [6, 6.07) is 7.49. The summed E-state index contributed by atoms with van der Waals surface area (Å²) in [5.74, 6) is 0.705. The van der Waals surface area contributed by atoms with Crippen LogP contribution in [0.5, 0.6) is 5.75 Å². The SMILES string of the molecule is CC(Oc1cccc(Br)c1)C(=O)N1CCOCC1. The van der Waals surface area contributed by atoms with E-state index in [4.69, 9.17) is 9.47 Å². The van der Waals surface area contributed by atoms with E-state index in [0.29, 0.717) is 32.1 Å². The summed E-state index contributed by atoms with van der Waals surface area (Å²) in [5, 5.41) is 0. The van der Waals surface area contributed by atoms with Crippen LogP contribution < -0.4 is 4.74 Å². The van der Waals surface area contributed by atoms with Crippen molar-refractivity contribution >= 4 is 21.8 Å². The molecule has 2 rings (SSSR count). The van der Waals surface area contributed by atoms with Crippen molar-refractivity contribution in [2.75, 3.05) is 26.3 Å². The predicted molar refractivity (Wildman–Crippen MR) is 71.6 cm³/mol. The Morgan fingerprint density at radius 2 is 2.17 bits per heavy atom. The zero-order valence-corrected chi connectivity index (χ0v) is 11.9. The van der Waals surface area contributed by atoms with Gasteiger partial charge in [-0.25, -0.2) is 0 Å². The van der Waals surface area contributed by atoms with Gasteiger partial charge in [-0.3, -0.25) is 4.79 Å². The lowest BCUT2D eigenvalue weighted by Gasteiger charge is -2.29. The van der Waals surface area contributed by atoms with Gasteiger partial charge in [0, 0.05) is 17.6 Å². The number of halogens is 1. The Kier molecular flexibility index (Phi) is 4.60. The lowest BCUT2D eigenvalue weighted by Crippen LogP contribution is -2.46. The molecule has 0 bridgehead atoms. The van der Waals surface area contributed by atoms with Crippen LogP contribution in [0, 0.1) is 0 Å². The second-order valence-electron chi connectivity index (χ2n) is 4.16.